The van der Waals surface area contributed by atoms with Crippen molar-refractivity contribution in [2.24, 2.45) is 0 Å². The Bertz CT molecular complexity index is 869. The average molecular weight is 401 g/mol. The van der Waals surface area contributed by atoms with E-state index in [-0.39, 0.29) is 11.8 Å². The molecule has 1 aliphatic heterocycles. The van der Waals surface area contributed by atoms with Gasteiger partial charge in [0.25, 0.3) is 5.91 Å². The molecule has 0 aromatic heterocycles. The van der Waals surface area contributed by atoms with E-state index < -0.39 is 6.04 Å². The predicted octanol–water partition coefficient (Wildman–Crippen LogP) is 4.29. The molecule has 0 unspecified atom stereocenters. The van der Waals surface area contributed by atoms with Crippen LogP contribution in [0.25, 0.3) is 0 Å². The van der Waals surface area contributed by atoms with E-state index in [0.717, 1.165) is 30.5 Å². The minimum atomic E-state index is -0.644. The maximum Gasteiger partial charge on any atom is 0.254 e. The number of benzene rings is 2. The molecular formula is C22H25ClN2O3. The summed E-state index contributed by atoms with van der Waals surface area (Å²) in [6.45, 7) is 4.26. The number of carbonyl (C=O) groups is 2. The fraction of sp³-hybridized carbons (Fsp3) is 0.364. The van der Waals surface area contributed by atoms with Gasteiger partial charge in [0.05, 0.1) is 11.6 Å². The van der Waals surface area contributed by atoms with E-state index in [1.165, 1.54) is 12.5 Å². The highest BCUT2D eigenvalue weighted by molar-refractivity contribution is 6.32. The molecule has 2 amide bonds. The van der Waals surface area contributed by atoms with Crippen molar-refractivity contribution in [2.75, 3.05) is 18.1 Å². The number of hydrogen-bond donors (Lipinski definition) is 1. The summed E-state index contributed by atoms with van der Waals surface area (Å²) in [5.74, 6) is 0.224. The highest BCUT2D eigenvalue weighted by Gasteiger charge is 2.37. The van der Waals surface area contributed by atoms with Gasteiger partial charge >= 0.3 is 0 Å². The molecule has 0 radical (unpaired) electrons. The van der Waals surface area contributed by atoms with E-state index >= 15 is 0 Å². The van der Waals surface area contributed by atoms with Gasteiger partial charge in [-0.25, -0.2) is 0 Å². The highest BCUT2D eigenvalue weighted by atomic mass is 35.5. The number of nitrogens with zero attached hydrogens (tertiary/aromatic N) is 1. The largest absolute Gasteiger partial charge is 0.490 e. The fourth-order valence-corrected chi connectivity index (χ4v) is 3.60. The van der Waals surface area contributed by atoms with E-state index in [2.05, 4.69) is 18.3 Å². The Labute approximate surface area is 170 Å². The third kappa shape index (κ3) is 4.47. The average Bonchev–Trinajstić information content (AvgIpc) is 2.92. The molecule has 2 aromatic carbocycles. The molecule has 0 saturated carbocycles. The van der Waals surface area contributed by atoms with Crippen LogP contribution in [0.3, 0.4) is 0 Å². The van der Waals surface area contributed by atoms with Crippen molar-refractivity contribution in [3.8, 4) is 5.75 Å². The number of halogens is 1. The maximum absolute atomic E-state index is 13.0. The summed E-state index contributed by atoms with van der Waals surface area (Å²) in [6, 6.07) is 12.7. The number of nitrogens with one attached hydrogen (secondary N) is 1. The van der Waals surface area contributed by atoms with E-state index in [1.54, 1.807) is 17.0 Å². The minimum Gasteiger partial charge on any atom is -0.490 e. The van der Waals surface area contributed by atoms with Crippen LogP contribution in [0.15, 0.2) is 42.5 Å². The van der Waals surface area contributed by atoms with Crippen LogP contribution >= 0.6 is 11.6 Å². The Hall–Kier alpha value is -2.53. The van der Waals surface area contributed by atoms with Crippen LogP contribution in [0, 0.1) is 0 Å². The molecule has 5 nitrogen and oxygen atoms in total. The van der Waals surface area contributed by atoms with Crippen molar-refractivity contribution in [3.63, 3.8) is 0 Å². The fourth-order valence-electron chi connectivity index (χ4n) is 3.41. The smallest absolute Gasteiger partial charge is 0.254 e. The molecule has 0 fully saturated rings. The van der Waals surface area contributed by atoms with Crippen LogP contribution in [-0.4, -0.2) is 25.0 Å². The number of para-hydroxylation sites is 1. The van der Waals surface area contributed by atoms with Crippen LogP contribution in [0.5, 0.6) is 5.75 Å². The van der Waals surface area contributed by atoms with Crippen molar-refractivity contribution < 1.29 is 14.3 Å². The maximum atomic E-state index is 13.0. The van der Waals surface area contributed by atoms with Gasteiger partial charge in [0.1, 0.15) is 18.4 Å². The van der Waals surface area contributed by atoms with Gasteiger partial charge in [0.15, 0.2) is 0 Å². The first-order valence-electron chi connectivity index (χ1n) is 9.60. The number of ether oxygens (including phenoxy) is 1. The third-order valence-corrected chi connectivity index (χ3v) is 5.09. The lowest BCUT2D eigenvalue weighted by atomic mass is 10.0. The van der Waals surface area contributed by atoms with Gasteiger partial charge < -0.3 is 15.0 Å². The lowest BCUT2D eigenvalue weighted by molar-refractivity contribution is -0.126. The Morgan fingerprint density at radius 3 is 2.75 bits per heavy atom. The first-order chi connectivity index (χ1) is 13.5. The molecule has 1 heterocycles. The van der Waals surface area contributed by atoms with Gasteiger partial charge in [0, 0.05) is 18.2 Å². The quantitative estimate of drug-likeness (QED) is 0.719. The number of rotatable bonds is 8. The van der Waals surface area contributed by atoms with Crippen molar-refractivity contribution in [3.05, 3.63) is 58.6 Å². The van der Waals surface area contributed by atoms with Crippen LogP contribution in [-0.2, 0) is 16.0 Å². The molecule has 0 saturated heterocycles. The standard InChI is InChI=1S/C22H25ClN2O3/c1-3-4-7-16-10-11-19-17(14-16)21(24-15(2)26)22(27)25(19)12-13-28-20-9-6-5-8-18(20)23/h5-6,8-11,14,21H,3-4,7,12-13H2,1-2H3,(H,24,26)/t21-/m1/s1. The summed E-state index contributed by atoms with van der Waals surface area (Å²) in [6.07, 6.45) is 3.16. The molecule has 1 atom stereocenters. The molecule has 148 valence electrons. The van der Waals surface area contributed by atoms with Gasteiger partial charge in [-0.1, -0.05) is 49.2 Å². The molecule has 0 bridgehead atoms. The van der Waals surface area contributed by atoms with Crippen LogP contribution < -0.4 is 15.0 Å². The number of hydrogen-bond acceptors (Lipinski definition) is 3. The number of anilines is 1. The lowest BCUT2D eigenvalue weighted by Crippen LogP contribution is -2.38. The van der Waals surface area contributed by atoms with E-state index in [4.69, 9.17) is 16.3 Å². The topological polar surface area (TPSA) is 58.6 Å². The van der Waals surface area contributed by atoms with Gasteiger partial charge in [-0.2, -0.15) is 0 Å². The van der Waals surface area contributed by atoms with Crippen LogP contribution in [0.1, 0.15) is 43.9 Å². The Morgan fingerprint density at radius 1 is 1.25 bits per heavy atom. The molecule has 1 N–H and O–H groups in total. The monoisotopic (exact) mass is 400 g/mol. The highest BCUT2D eigenvalue weighted by Crippen LogP contribution is 2.37. The van der Waals surface area contributed by atoms with Crippen molar-refractivity contribution in [1.29, 1.82) is 0 Å². The zero-order valence-electron chi connectivity index (χ0n) is 16.2. The molecule has 6 heteroatoms. The van der Waals surface area contributed by atoms with Gasteiger partial charge in [-0.05, 0) is 36.6 Å². The first-order valence-corrected chi connectivity index (χ1v) is 9.97. The SMILES string of the molecule is CCCCc1ccc2c(c1)[C@@H](NC(C)=O)C(=O)N2CCOc1ccccc1Cl. The summed E-state index contributed by atoms with van der Waals surface area (Å²) >= 11 is 6.12. The Kier molecular flexibility index (Phi) is 6.57. The summed E-state index contributed by atoms with van der Waals surface area (Å²) in [7, 11) is 0. The summed E-state index contributed by atoms with van der Waals surface area (Å²) in [5.41, 5.74) is 2.86. The van der Waals surface area contributed by atoms with Crippen LogP contribution in [0.2, 0.25) is 5.02 Å². The number of aryl methyl sites for hydroxylation is 1. The number of fused-ring (bicyclic) bond motifs is 1. The predicted molar refractivity (Wildman–Crippen MR) is 111 cm³/mol. The first kappa shape index (κ1) is 20.2. The summed E-state index contributed by atoms with van der Waals surface area (Å²) < 4.78 is 5.74. The second-order valence-corrected chi connectivity index (χ2v) is 7.31. The molecule has 2 aromatic rings. The number of unbranched alkanes of at least 4 members (excludes halogenated alkanes) is 1. The Morgan fingerprint density at radius 2 is 2.04 bits per heavy atom. The normalized spacial score (nSPS) is 15.5. The zero-order chi connectivity index (χ0) is 20.1. The Balaban J connectivity index is 1.77. The molecule has 1 aliphatic rings. The number of carbonyl (C=O) groups excluding carboxylic acids is 2. The summed E-state index contributed by atoms with van der Waals surface area (Å²) in [4.78, 5) is 26.3. The van der Waals surface area contributed by atoms with E-state index in [9.17, 15) is 9.59 Å². The van der Waals surface area contributed by atoms with Crippen molar-refractivity contribution in [2.45, 2.75) is 39.2 Å². The second-order valence-electron chi connectivity index (χ2n) is 6.90. The van der Waals surface area contributed by atoms with Crippen molar-refractivity contribution in [1.82, 2.24) is 5.32 Å². The second kappa shape index (κ2) is 9.11. The molecule has 0 spiro atoms. The zero-order valence-corrected chi connectivity index (χ0v) is 17.0. The third-order valence-electron chi connectivity index (χ3n) is 4.78. The molecule has 28 heavy (non-hydrogen) atoms. The van der Waals surface area contributed by atoms with Gasteiger partial charge in [-0.3, -0.25) is 9.59 Å². The molecule has 0 aliphatic carbocycles. The minimum absolute atomic E-state index is 0.138. The van der Waals surface area contributed by atoms with E-state index in [0.29, 0.717) is 23.9 Å². The molecular weight excluding hydrogens is 376 g/mol. The lowest BCUT2D eigenvalue weighted by Gasteiger charge is -2.18. The van der Waals surface area contributed by atoms with E-state index in [1.807, 2.05) is 24.3 Å². The van der Waals surface area contributed by atoms with Gasteiger partial charge in [0.2, 0.25) is 5.91 Å². The number of amides is 2. The van der Waals surface area contributed by atoms with Crippen molar-refractivity contribution >= 4 is 29.1 Å². The summed E-state index contributed by atoms with van der Waals surface area (Å²) in [5, 5.41) is 3.32. The molecule has 3 rings (SSSR count). The van der Waals surface area contributed by atoms with Gasteiger partial charge in [-0.15, -0.1) is 0 Å². The van der Waals surface area contributed by atoms with Crippen LogP contribution in [0.4, 0.5) is 5.69 Å².